The van der Waals surface area contributed by atoms with Gasteiger partial charge in [-0.15, -0.1) is 0 Å². The molecule has 0 radical (unpaired) electrons. The lowest BCUT2D eigenvalue weighted by Gasteiger charge is -2.29. The quantitative estimate of drug-likeness (QED) is 0.105. The number of carbonyl (C=O) groups excluding carboxylic acids is 7. The van der Waals surface area contributed by atoms with Gasteiger partial charge in [0.05, 0.1) is 24.0 Å². The van der Waals surface area contributed by atoms with E-state index in [0.717, 1.165) is 16.0 Å². The molecule has 1 aliphatic rings. The summed E-state index contributed by atoms with van der Waals surface area (Å²) in [5, 5.41) is 35.6. The Kier molecular flexibility index (Phi) is 23.3. The number of allylic oxidation sites excluding steroid dienone is 2. The molecule has 7 amide bonds. The van der Waals surface area contributed by atoms with Crippen molar-refractivity contribution in [1.82, 2.24) is 36.8 Å². The van der Waals surface area contributed by atoms with E-state index in [0.29, 0.717) is 6.42 Å². The summed E-state index contributed by atoms with van der Waals surface area (Å²) in [6, 6.07) is 1.39. The van der Waals surface area contributed by atoms with Gasteiger partial charge >= 0.3 is 11.9 Å². The lowest BCUT2D eigenvalue weighted by Crippen LogP contribution is -2.59. The van der Waals surface area contributed by atoms with Gasteiger partial charge < -0.3 is 51.8 Å². The van der Waals surface area contributed by atoms with Gasteiger partial charge in [-0.25, -0.2) is 9.59 Å². The minimum Gasteiger partial charge on any atom is -0.480 e. The predicted molar refractivity (Wildman–Crippen MR) is 254 cm³/mol. The first-order valence-corrected chi connectivity index (χ1v) is 22.9. The van der Waals surface area contributed by atoms with Gasteiger partial charge in [0.2, 0.25) is 35.4 Å². The summed E-state index contributed by atoms with van der Waals surface area (Å²) in [4.78, 5) is 121. The Hall–Kier alpha value is -6.37. The number of benzene rings is 1. The maximum Gasteiger partial charge on any atom is 0.327 e. The lowest BCUT2D eigenvalue weighted by molar-refractivity contribution is -0.146. The molecule has 0 bridgehead atoms. The second-order valence-electron chi connectivity index (χ2n) is 18.4. The molecule has 8 N–H and O–H groups in total. The van der Waals surface area contributed by atoms with Crippen LogP contribution in [-0.2, 0) is 54.3 Å². The molecular weight excluding hydrogens is 879 g/mol. The summed E-state index contributed by atoms with van der Waals surface area (Å²) >= 11 is 0. The molecule has 68 heavy (non-hydrogen) atoms. The van der Waals surface area contributed by atoms with Gasteiger partial charge in [-0.1, -0.05) is 109 Å². The fourth-order valence-electron chi connectivity index (χ4n) is 7.39. The van der Waals surface area contributed by atoms with Crippen LogP contribution in [0.15, 0.2) is 66.4 Å². The molecule has 1 fully saturated rings. The minimum atomic E-state index is -1.83. The van der Waals surface area contributed by atoms with Crippen LogP contribution in [-0.4, -0.2) is 125 Å². The van der Waals surface area contributed by atoms with Crippen molar-refractivity contribution in [3.05, 3.63) is 72.0 Å². The fraction of sp³-hybridized carbons (Fsp3) is 0.571. The number of rotatable bonds is 13. The first-order chi connectivity index (χ1) is 31.8. The zero-order valence-electron chi connectivity index (χ0n) is 41.2. The highest BCUT2D eigenvalue weighted by molar-refractivity contribution is 6.00. The third-order valence-electron chi connectivity index (χ3n) is 11.7. The molecule has 0 aliphatic carbocycles. The Morgan fingerprint density at radius 1 is 0.765 bits per heavy atom. The van der Waals surface area contributed by atoms with E-state index >= 15 is 0 Å². The molecule has 10 atom stereocenters. The van der Waals surface area contributed by atoms with Crippen LogP contribution in [0.25, 0.3) is 0 Å². The Labute approximate surface area is 399 Å². The number of carboxylic acids is 2. The van der Waals surface area contributed by atoms with Gasteiger partial charge in [0.15, 0.2) is 0 Å². The van der Waals surface area contributed by atoms with Crippen LogP contribution in [0, 0.1) is 29.6 Å². The van der Waals surface area contributed by atoms with Crippen molar-refractivity contribution in [3.8, 4) is 0 Å². The van der Waals surface area contributed by atoms with Crippen molar-refractivity contribution in [2.24, 2.45) is 29.6 Å². The molecule has 0 spiro atoms. The van der Waals surface area contributed by atoms with Gasteiger partial charge in [0.25, 0.3) is 5.91 Å². The molecule has 0 aromatic heterocycles. The molecule has 1 aliphatic heterocycles. The van der Waals surface area contributed by atoms with E-state index in [9.17, 15) is 53.4 Å². The molecule has 2 rings (SSSR count). The molecule has 1 saturated heterocycles. The molecule has 376 valence electrons. The predicted octanol–water partition coefficient (Wildman–Crippen LogP) is 2.61. The Morgan fingerprint density at radius 2 is 1.31 bits per heavy atom. The zero-order valence-corrected chi connectivity index (χ0v) is 41.2. The minimum absolute atomic E-state index is 0.0325. The highest BCUT2D eigenvalue weighted by Crippen LogP contribution is 2.19. The van der Waals surface area contributed by atoms with Crippen LogP contribution in [0.1, 0.15) is 93.6 Å². The largest absolute Gasteiger partial charge is 0.480 e. The van der Waals surface area contributed by atoms with Crippen LogP contribution in [0.3, 0.4) is 0 Å². The molecule has 1 aromatic rings. The van der Waals surface area contributed by atoms with Crippen LogP contribution in [0.2, 0.25) is 0 Å². The number of nitrogens with zero attached hydrogens (tertiary/aromatic N) is 1. The number of methoxy groups -OCH3 is 1. The fourth-order valence-corrected chi connectivity index (χ4v) is 7.39. The number of hydrogen-bond acceptors (Lipinski definition) is 10. The van der Waals surface area contributed by atoms with Crippen molar-refractivity contribution in [3.63, 3.8) is 0 Å². The number of nitrogens with one attached hydrogen (secondary N) is 6. The number of carbonyl (C=O) groups is 9. The second kappa shape index (κ2) is 27.4. The normalized spacial score (nSPS) is 26.1. The van der Waals surface area contributed by atoms with E-state index in [1.165, 1.54) is 27.8 Å². The Bertz CT molecular complexity index is 2040. The van der Waals surface area contributed by atoms with Gasteiger partial charge in [-0.2, -0.15) is 0 Å². The van der Waals surface area contributed by atoms with E-state index in [-0.39, 0.29) is 36.7 Å². The first-order valence-electron chi connectivity index (χ1n) is 22.9. The van der Waals surface area contributed by atoms with Crippen LogP contribution in [0.5, 0.6) is 0 Å². The average Bonchev–Trinajstić information content (AvgIpc) is 3.27. The molecular formula is C49H73N7O12. The third-order valence-corrected chi connectivity index (χ3v) is 11.7. The third kappa shape index (κ3) is 18.4. The van der Waals surface area contributed by atoms with E-state index in [2.05, 4.69) is 38.5 Å². The number of ether oxygens (including phenoxy) is 1. The molecule has 0 saturated carbocycles. The highest BCUT2D eigenvalue weighted by atomic mass is 16.5. The van der Waals surface area contributed by atoms with E-state index in [1.54, 1.807) is 47.0 Å². The van der Waals surface area contributed by atoms with Crippen molar-refractivity contribution >= 4 is 53.3 Å². The first kappa shape index (κ1) is 57.8. The smallest absolute Gasteiger partial charge is 0.327 e. The number of amides is 7. The standard InChI is InChI=1S/C49H73N7O12/c1-26(2)22-37-46(62)51-35(19-18-28(5)24-29(6)39(68-12)25-34-16-14-13-15-17-34)30(7)42(58)52-36(48(64)65)20-21-40(57)56(11)33(10)45(61)50-32(9)44(60)54-38(23-27(3)4)47(63)55-41(49(66)67)31(8)43(59)53-37/h13-19,24,26-27,29-32,35-39,41H,10,20-23,25H2,1-9,11-12H3,(H,50,61)(H,51,62)(H,52,58)(H,53,59)(H,54,60)(H,55,63)(H,64,65)(H,66,67)/b19-18+,28-24+/t29-,30-,31-,32+,35-,36+,37-,38-,39-,41+/m0/s1. The monoisotopic (exact) mass is 952 g/mol. The van der Waals surface area contributed by atoms with Crippen molar-refractivity contribution in [1.29, 1.82) is 0 Å². The number of likely N-dealkylation sites (N-methyl/N-ethyl adjacent to an activating group) is 1. The topological polar surface area (TPSA) is 279 Å². The number of carboxylic acid groups (broad SMARTS) is 2. The van der Waals surface area contributed by atoms with Crippen LogP contribution < -0.4 is 31.9 Å². The second-order valence-corrected chi connectivity index (χ2v) is 18.4. The molecule has 19 heteroatoms. The highest BCUT2D eigenvalue weighted by Gasteiger charge is 2.37. The summed E-state index contributed by atoms with van der Waals surface area (Å²) in [7, 11) is 2.85. The summed E-state index contributed by atoms with van der Waals surface area (Å²) in [6.45, 7) is 18.6. The summed E-state index contributed by atoms with van der Waals surface area (Å²) in [5.74, 6) is -12.0. The van der Waals surface area contributed by atoms with Gasteiger partial charge in [0, 0.05) is 26.5 Å². The van der Waals surface area contributed by atoms with E-state index in [1.807, 2.05) is 50.3 Å². The number of hydrogen-bond donors (Lipinski definition) is 8. The maximum absolute atomic E-state index is 14.3. The average molecular weight is 952 g/mol. The zero-order chi connectivity index (χ0) is 51.6. The summed E-state index contributed by atoms with van der Waals surface area (Å²) in [5.41, 5.74) is 1.43. The Balaban J connectivity index is 2.68. The van der Waals surface area contributed by atoms with Crippen LogP contribution >= 0.6 is 0 Å². The van der Waals surface area contributed by atoms with E-state index in [4.69, 9.17) is 4.74 Å². The maximum atomic E-state index is 14.3. The molecule has 1 aromatic carbocycles. The molecule has 19 nitrogen and oxygen atoms in total. The van der Waals surface area contributed by atoms with Gasteiger partial charge in [0.1, 0.15) is 35.9 Å². The van der Waals surface area contributed by atoms with Gasteiger partial charge in [-0.3, -0.25) is 33.6 Å². The summed E-state index contributed by atoms with van der Waals surface area (Å²) < 4.78 is 5.81. The van der Waals surface area contributed by atoms with Gasteiger partial charge in [-0.05, 0) is 56.9 Å². The van der Waals surface area contributed by atoms with E-state index < -0.39 is 120 Å². The number of aliphatic carboxylic acids is 2. The lowest BCUT2D eigenvalue weighted by atomic mass is 9.94. The molecule has 1 heterocycles. The Morgan fingerprint density at radius 3 is 1.84 bits per heavy atom. The van der Waals surface area contributed by atoms with Crippen LogP contribution in [0.4, 0.5) is 0 Å². The van der Waals surface area contributed by atoms with Crippen molar-refractivity contribution < 1.29 is 58.1 Å². The summed E-state index contributed by atoms with van der Waals surface area (Å²) in [6.07, 6.45) is 4.90. The molecule has 0 unspecified atom stereocenters. The SMILES string of the molecule is C=C1C(=O)N[C@H](C)C(=O)N[C@@H](CC(C)C)C(=O)N[C@@H](C(=O)O)[C@H](C)C(=O)N[C@@H](CC(C)C)C(=O)N[C@@H](/C=C/C(C)=C/[C@H](C)[C@H](Cc2ccccc2)OC)[C@H](C)C(=O)N[C@@H](C(=O)O)CCC(=O)N1C. The van der Waals surface area contributed by atoms with Crippen molar-refractivity contribution in [2.75, 3.05) is 14.2 Å². The van der Waals surface area contributed by atoms with Crippen molar-refractivity contribution in [2.45, 2.75) is 137 Å².